The van der Waals surface area contributed by atoms with Gasteiger partial charge in [-0.3, -0.25) is 0 Å². The first-order chi connectivity index (χ1) is 11.3. The summed E-state index contributed by atoms with van der Waals surface area (Å²) >= 11 is 0. The van der Waals surface area contributed by atoms with E-state index in [1.54, 1.807) is 19.1 Å². The van der Waals surface area contributed by atoms with E-state index in [-0.39, 0.29) is 10.9 Å². The minimum atomic E-state index is -3.51. The van der Waals surface area contributed by atoms with Gasteiger partial charge in [0.15, 0.2) is 5.82 Å². The lowest BCUT2D eigenvalue weighted by molar-refractivity contribution is 0.588. The zero-order valence-corrected chi connectivity index (χ0v) is 14.8. The molecule has 8 heteroatoms. The molecule has 7 nitrogen and oxygen atoms in total. The summed E-state index contributed by atoms with van der Waals surface area (Å²) in [5, 5.41) is 20.6. The molecule has 2 aromatic rings. The van der Waals surface area contributed by atoms with Gasteiger partial charge in [0.25, 0.3) is 0 Å². The number of nitriles is 1. The van der Waals surface area contributed by atoms with Gasteiger partial charge in [-0.05, 0) is 51.1 Å². The van der Waals surface area contributed by atoms with Crippen LogP contribution in [0, 0.1) is 25.2 Å². The maximum Gasteiger partial charge on any atom is 0.240 e. The first kappa shape index (κ1) is 17.8. The summed E-state index contributed by atoms with van der Waals surface area (Å²) in [6, 6.07) is 8.49. The van der Waals surface area contributed by atoms with E-state index in [4.69, 9.17) is 0 Å². The fraction of sp³-hybridized carbons (Fsp3) is 0.312. The van der Waals surface area contributed by atoms with Gasteiger partial charge in [0.1, 0.15) is 11.6 Å². The second kappa shape index (κ2) is 6.95. The van der Waals surface area contributed by atoms with E-state index in [1.807, 2.05) is 19.9 Å². The first-order valence-corrected chi connectivity index (χ1v) is 8.82. The Morgan fingerprint density at radius 2 is 1.96 bits per heavy atom. The summed E-state index contributed by atoms with van der Waals surface area (Å²) in [5.74, 6) is 0.384. The molecule has 24 heavy (non-hydrogen) atoms. The van der Waals surface area contributed by atoms with Gasteiger partial charge < -0.3 is 5.32 Å². The summed E-state index contributed by atoms with van der Waals surface area (Å²) in [7, 11) is -2.14. The highest BCUT2D eigenvalue weighted by molar-refractivity contribution is 7.89. The van der Waals surface area contributed by atoms with Gasteiger partial charge in [0.2, 0.25) is 10.0 Å². The summed E-state index contributed by atoms with van der Waals surface area (Å²) in [6.45, 7) is 5.48. The lowest BCUT2D eigenvalue weighted by Crippen LogP contribution is -2.19. The Morgan fingerprint density at radius 3 is 2.58 bits per heavy atom. The third-order valence-corrected chi connectivity index (χ3v) is 5.27. The molecular formula is C16H19N5O2S. The first-order valence-electron chi connectivity index (χ1n) is 7.34. The number of hydrogen-bond acceptors (Lipinski definition) is 6. The number of rotatable bonds is 5. The quantitative estimate of drug-likeness (QED) is 0.858. The molecule has 1 heterocycles. The molecule has 0 bridgehead atoms. The molecule has 1 aromatic carbocycles. The van der Waals surface area contributed by atoms with E-state index in [0.717, 1.165) is 11.1 Å². The molecule has 0 spiro atoms. The lowest BCUT2D eigenvalue weighted by Gasteiger charge is -2.17. The van der Waals surface area contributed by atoms with Crippen LogP contribution in [0.5, 0.6) is 0 Å². The molecule has 2 rings (SSSR count). The Balaban J connectivity index is 2.35. The molecule has 0 aliphatic carbocycles. The van der Waals surface area contributed by atoms with Gasteiger partial charge in [-0.25, -0.2) is 13.1 Å². The summed E-state index contributed by atoms with van der Waals surface area (Å²) < 4.78 is 26.1. The number of nitrogens with zero attached hydrogens (tertiary/aromatic N) is 3. The van der Waals surface area contributed by atoms with Crippen molar-refractivity contribution in [1.82, 2.24) is 14.9 Å². The van der Waals surface area contributed by atoms with Crippen molar-refractivity contribution in [2.45, 2.75) is 31.7 Å². The van der Waals surface area contributed by atoms with Crippen LogP contribution in [-0.2, 0) is 10.0 Å². The molecule has 0 radical (unpaired) electrons. The third-order valence-electron chi connectivity index (χ3n) is 3.86. The van der Waals surface area contributed by atoms with Gasteiger partial charge >= 0.3 is 0 Å². The summed E-state index contributed by atoms with van der Waals surface area (Å²) in [5.41, 5.74) is 2.67. The highest BCUT2D eigenvalue weighted by Gasteiger charge is 2.16. The Labute approximate surface area is 141 Å². The fourth-order valence-corrected chi connectivity index (χ4v) is 2.99. The van der Waals surface area contributed by atoms with Crippen LogP contribution in [0.1, 0.15) is 35.3 Å². The highest BCUT2D eigenvalue weighted by atomic mass is 32.2. The molecule has 0 fully saturated rings. The molecule has 1 aromatic heterocycles. The van der Waals surface area contributed by atoms with Crippen LogP contribution in [0.15, 0.2) is 29.2 Å². The number of aromatic nitrogens is 2. The minimum absolute atomic E-state index is 0.183. The van der Waals surface area contributed by atoms with E-state index in [0.29, 0.717) is 17.1 Å². The van der Waals surface area contributed by atoms with Crippen molar-refractivity contribution < 1.29 is 8.42 Å². The van der Waals surface area contributed by atoms with Crippen LogP contribution < -0.4 is 10.0 Å². The van der Waals surface area contributed by atoms with Crippen molar-refractivity contribution in [2.75, 3.05) is 12.4 Å². The Bertz CT molecular complexity index is 903. The van der Waals surface area contributed by atoms with E-state index in [2.05, 4.69) is 26.3 Å². The molecule has 0 saturated carbocycles. The van der Waals surface area contributed by atoms with Crippen molar-refractivity contribution >= 4 is 15.8 Å². The smallest absolute Gasteiger partial charge is 0.240 e. The average molecular weight is 345 g/mol. The van der Waals surface area contributed by atoms with Crippen LogP contribution >= 0.6 is 0 Å². The van der Waals surface area contributed by atoms with E-state index in [1.165, 1.54) is 13.1 Å². The van der Waals surface area contributed by atoms with Crippen molar-refractivity contribution in [3.8, 4) is 6.07 Å². The molecular weight excluding hydrogens is 326 g/mol. The number of anilines is 1. The van der Waals surface area contributed by atoms with Crippen LogP contribution in [0.4, 0.5) is 5.82 Å². The average Bonchev–Trinajstić information content (AvgIpc) is 2.58. The predicted octanol–water partition coefficient (Wildman–Crippen LogP) is 2.05. The topological polar surface area (TPSA) is 108 Å². The predicted molar refractivity (Wildman–Crippen MR) is 90.9 cm³/mol. The standard InChI is InChI=1S/C16H19N5O2S/c1-10-11(2)20-21-16(15(10)9-17)19-12(3)13-6-5-7-14(8-13)24(22,23)18-4/h5-8,12,18H,1-4H3,(H,19,21). The molecule has 2 N–H and O–H groups in total. The third kappa shape index (κ3) is 3.53. The Morgan fingerprint density at radius 1 is 1.25 bits per heavy atom. The Kier molecular flexibility index (Phi) is 5.17. The normalized spacial score (nSPS) is 12.5. The van der Waals surface area contributed by atoms with Crippen molar-refractivity contribution in [3.63, 3.8) is 0 Å². The highest BCUT2D eigenvalue weighted by Crippen LogP contribution is 2.24. The lowest BCUT2D eigenvalue weighted by atomic mass is 10.1. The number of aryl methyl sites for hydroxylation is 1. The molecule has 1 unspecified atom stereocenters. The maximum absolute atomic E-state index is 11.9. The van der Waals surface area contributed by atoms with Crippen LogP contribution in [0.25, 0.3) is 0 Å². The van der Waals surface area contributed by atoms with Gasteiger partial charge in [0.05, 0.1) is 16.6 Å². The molecule has 1 atom stereocenters. The summed E-state index contributed by atoms with van der Waals surface area (Å²) in [4.78, 5) is 0.183. The van der Waals surface area contributed by atoms with E-state index in [9.17, 15) is 13.7 Å². The Hall–Kier alpha value is -2.50. The van der Waals surface area contributed by atoms with Gasteiger partial charge in [-0.15, -0.1) is 5.10 Å². The second-order valence-corrected chi connectivity index (χ2v) is 7.28. The van der Waals surface area contributed by atoms with Gasteiger partial charge in [-0.1, -0.05) is 12.1 Å². The molecule has 0 amide bonds. The number of benzene rings is 1. The van der Waals surface area contributed by atoms with Crippen molar-refractivity contribution in [2.24, 2.45) is 0 Å². The summed E-state index contributed by atoms with van der Waals surface area (Å²) in [6.07, 6.45) is 0. The zero-order chi connectivity index (χ0) is 17.9. The van der Waals surface area contributed by atoms with E-state index < -0.39 is 10.0 Å². The van der Waals surface area contributed by atoms with Gasteiger partial charge in [0, 0.05) is 0 Å². The molecule has 0 aliphatic rings. The van der Waals surface area contributed by atoms with Crippen molar-refractivity contribution in [1.29, 1.82) is 5.26 Å². The fourth-order valence-electron chi connectivity index (χ4n) is 2.20. The molecule has 126 valence electrons. The van der Waals surface area contributed by atoms with Crippen LogP contribution in [0.3, 0.4) is 0 Å². The van der Waals surface area contributed by atoms with Crippen LogP contribution in [-0.4, -0.2) is 25.7 Å². The number of sulfonamides is 1. The largest absolute Gasteiger partial charge is 0.361 e. The van der Waals surface area contributed by atoms with Crippen LogP contribution in [0.2, 0.25) is 0 Å². The van der Waals surface area contributed by atoms with Crippen molar-refractivity contribution in [3.05, 3.63) is 46.6 Å². The zero-order valence-electron chi connectivity index (χ0n) is 14.0. The maximum atomic E-state index is 11.9. The van der Waals surface area contributed by atoms with Gasteiger partial charge in [-0.2, -0.15) is 10.4 Å². The number of hydrogen-bond donors (Lipinski definition) is 2. The number of nitrogens with one attached hydrogen (secondary N) is 2. The minimum Gasteiger partial charge on any atom is -0.361 e. The molecule has 0 aliphatic heterocycles. The monoisotopic (exact) mass is 345 g/mol. The second-order valence-electron chi connectivity index (χ2n) is 5.39. The molecule has 0 saturated heterocycles. The SMILES string of the molecule is CNS(=O)(=O)c1cccc(C(C)Nc2nnc(C)c(C)c2C#N)c1. The van der Waals surface area contributed by atoms with E-state index >= 15 is 0 Å².